The average Bonchev–Trinajstić information content (AvgIpc) is 3.60. The van der Waals surface area contributed by atoms with E-state index in [0.29, 0.717) is 0 Å². The molecule has 0 aliphatic carbocycles. The van der Waals surface area contributed by atoms with Gasteiger partial charge in [0.25, 0.3) is 0 Å². The van der Waals surface area contributed by atoms with Crippen LogP contribution in [0.15, 0.2) is 121 Å². The van der Waals surface area contributed by atoms with Gasteiger partial charge in [-0.05, 0) is 67.7 Å². The smallest absolute Gasteiger partial charge is 0.117 e. The van der Waals surface area contributed by atoms with Crippen LogP contribution in [-0.2, 0) is 0 Å². The zero-order valence-corrected chi connectivity index (χ0v) is 23.5. The van der Waals surface area contributed by atoms with Crippen LogP contribution in [0, 0.1) is 0 Å². The zero-order valence-electron chi connectivity index (χ0n) is 20.9. The minimum Gasteiger partial charge on any atom is -0.136 e. The normalized spacial score (nSPS) is 15.3. The fraction of sp³-hybridized carbons (Fsp3) is 0.0588. The Morgan fingerprint density at radius 2 is 0.838 bits per heavy atom. The lowest BCUT2D eigenvalue weighted by Gasteiger charge is -2.24. The molecule has 178 valence electrons. The van der Waals surface area contributed by atoms with Gasteiger partial charge in [-0.3, -0.25) is 0 Å². The second kappa shape index (κ2) is 8.81. The summed E-state index contributed by atoms with van der Waals surface area (Å²) in [5.74, 6) is 0. The van der Waals surface area contributed by atoms with Crippen LogP contribution in [0.5, 0.6) is 0 Å². The van der Waals surface area contributed by atoms with E-state index in [4.69, 9.17) is 0 Å². The van der Waals surface area contributed by atoms with Crippen LogP contribution in [0.4, 0.5) is 0 Å². The summed E-state index contributed by atoms with van der Waals surface area (Å²) < 4.78 is 2.72. The summed E-state index contributed by atoms with van der Waals surface area (Å²) in [7, 11) is -2.12. The van der Waals surface area contributed by atoms with E-state index in [1.807, 2.05) is 22.7 Å². The van der Waals surface area contributed by atoms with Crippen LogP contribution in [0.1, 0.15) is 20.9 Å². The molecule has 0 spiro atoms. The van der Waals surface area contributed by atoms with E-state index in [2.05, 4.69) is 134 Å². The molecule has 7 rings (SSSR count). The fourth-order valence-corrected chi connectivity index (χ4v) is 13.1. The van der Waals surface area contributed by atoms with Gasteiger partial charge in [0.15, 0.2) is 0 Å². The van der Waals surface area contributed by atoms with E-state index in [1.54, 1.807) is 10.4 Å². The van der Waals surface area contributed by atoms with Crippen molar-refractivity contribution < 1.29 is 0 Å². The third-order valence-electron chi connectivity index (χ3n) is 7.47. The van der Waals surface area contributed by atoms with Crippen molar-refractivity contribution in [3.63, 3.8) is 0 Å². The Morgan fingerprint density at radius 1 is 0.459 bits per heavy atom. The Labute approximate surface area is 226 Å². The monoisotopic (exact) mass is 526 g/mol. The number of thiophene rings is 2. The van der Waals surface area contributed by atoms with Crippen molar-refractivity contribution in [3.8, 4) is 0 Å². The summed E-state index contributed by atoms with van der Waals surface area (Å²) in [5.41, 5.74) is 5.46. The molecule has 0 bridgehead atoms. The van der Waals surface area contributed by atoms with Crippen LogP contribution in [0.25, 0.3) is 41.7 Å². The predicted octanol–water partition coefficient (Wildman–Crippen LogP) is 10.4. The number of hydrogen-bond acceptors (Lipinski definition) is 2. The highest BCUT2D eigenvalue weighted by molar-refractivity contribution is 7.27. The Morgan fingerprint density at radius 3 is 1.24 bits per heavy atom. The predicted molar refractivity (Wildman–Crippen MR) is 168 cm³/mol. The van der Waals surface area contributed by atoms with Gasteiger partial charge in [-0.1, -0.05) is 110 Å². The van der Waals surface area contributed by atoms with Crippen molar-refractivity contribution in [3.05, 3.63) is 142 Å². The minimum absolute atomic E-state index is 1.31. The zero-order chi connectivity index (χ0) is 25.0. The molecule has 1 aliphatic heterocycles. The molecule has 37 heavy (non-hydrogen) atoms. The Bertz CT molecular complexity index is 1630. The maximum Gasteiger partial charge on any atom is 0.117 e. The van der Waals surface area contributed by atoms with Gasteiger partial charge in [0, 0.05) is 19.2 Å². The first-order valence-electron chi connectivity index (χ1n) is 12.7. The Kier molecular flexibility index (Phi) is 5.40. The van der Waals surface area contributed by atoms with E-state index in [-0.39, 0.29) is 0 Å². The van der Waals surface area contributed by atoms with Gasteiger partial charge in [-0.2, -0.15) is 0 Å². The number of hydrogen-bond donors (Lipinski definition) is 0. The van der Waals surface area contributed by atoms with E-state index in [9.17, 15) is 0 Å². The third kappa shape index (κ3) is 3.69. The Balaban J connectivity index is 1.60. The largest absolute Gasteiger partial charge is 0.136 e. The lowest BCUT2D eigenvalue weighted by atomic mass is 9.91. The minimum atomic E-state index is -2.12. The molecule has 1 aliphatic rings. The van der Waals surface area contributed by atoms with Gasteiger partial charge < -0.3 is 0 Å². The van der Waals surface area contributed by atoms with E-state index in [0.717, 1.165) is 0 Å². The summed E-state index contributed by atoms with van der Waals surface area (Å²) in [5, 5.41) is 5.80. The highest BCUT2D eigenvalue weighted by Crippen LogP contribution is 2.57. The van der Waals surface area contributed by atoms with Crippen molar-refractivity contribution in [2.75, 3.05) is 0 Å². The van der Waals surface area contributed by atoms with Crippen molar-refractivity contribution in [2.24, 2.45) is 0 Å². The van der Waals surface area contributed by atoms with E-state index >= 15 is 0 Å². The summed E-state index contributed by atoms with van der Waals surface area (Å²) in [6.07, 6.45) is 0. The van der Waals surface area contributed by atoms with E-state index in [1.165, 1.54) is 52.2 Å². The summed E-state index contributed by atoms with van der Waals surface area (Å²) in [6.45, 7) is 5.12. The SMILES string of the molecule is C[Si]1(C)C(c2cc3ccccc3s2)=C(c2ccccc2)C(c2ccccc2)=C1c1cc2ccccc2s1. The first-order chi connectivity index (χ1) is 18.1. The molecule has 0 fully saturated rings. The lowest BCUT2D eigenvalue weighted by Crippen LogP contribution is -2.27. The third-order valence-corrected chi connectivity index (χ3v) is 13.6. The number of allylic oxidation sites excluding steroid dienone is 2. The van der Waals surface area contributed by atoms with Gasteiger partial charge in [-0.15, -0.1) is 22.7 Å². The first-order valence-corrected chi connectivity index (χ1v) is 17.3. The molecule has 0 nitrogen and oxygen atoms in total. The van der Waals surface area contributed by atoms with Gasteiger partial charge in [0.2, 0.25) is 0 Å². The number of rotatable bonds is 4. The van der Waals surface area contributed by atoms with Crippen molar-refractivity contribution in [1.82, 2.24) is 0 Å². The summed E-state index contributed by atoms with van der Waals surface area (Å²) in [6, 6.07) is 44.6. The van der Waals surface area contributed by atoms with Crippen LogP contribution < -0.4 is 0 Å². The van der Waals surface area contributed by atoms with Crippen molar-refractivity contribution in [1.29, 1.82) is 0 Å². The van der Waals surface area contributed by atoms with Crippen LogP contribution in [-0.4, -0.2) is 8.07 Å². The molecule has 0 saturated carbocycles. The molecular formula is C34H26S2Si. The molecule has 2 aromatic heterocycles. The maximum absolute atomic E-state index is 2.56. The van der Waals surface area contributed by atoms with Crippen molar-refractivity contribution in [2.45, 2.75) is 13.1 Å². The number of benzene rings is 4. The second-order valence-corrected chi connectivity index (χ2v) is 16.6. The highest BCUT2D eigenvalue weighted by Gasteiger charge is 2.44. The molecule has 0 saturated heterocycles. The van der Waals surface area contributed by atoms with Crippen LogP contribution >= 0.6 is 22.7 Å². The van der Waals surface area contributed by atoms with Gasteiger partial charge in [-0.25, -0.2) is 0 Å². The summed E-state index contributed by atoms with van der Waals surface area (Å²) >= 11 is 3.90. The Hall–Kier alpha value is -3.50. The van der Waals surface area contributed by atoms with Gasteiger partial charge >= 0.3 is 0 Å². The standard InChI is InChI=1S/C34H26S2Si/c1-37(2)33(29-21-25-17-9-11-19-27(25)35-29)31(23-13-5-3-6-14-23)32(24-15-7-4-8-16-24)34(37)30-22-26-18-10-12-20-28(26)36-30/h3-22H,1-2H3. The van der Waals surface area contributed by atoms with Gasteiger partial charge in [0.05, 0.1) is 0 Å². The second-order valence-electron chi connectivity index (χ2n) is 10.2. The average molecular weight is 527 g/mol. The molecule has 6 aromatic rings. The maximum atomic E-state index is 2.56. The van der Waals surface area contributed by atoms with Crippen molar-refractivity contribution >= 4 is 72.5 Å². The topological polar surface area (TPSA) is 0 Å². The molecule has 0 unspecified atom stereocenters. The molecule has 0 N–H and O–H groups in total. The first kappa shape index (κ1) is 22.7. The molecule has 0 atom stereocenters. The van der Waals surface area contributed by atoms with Gasteiger partial charge in [0.1, 0.15) is 8.07 Å². The quantitative estimate of drug-likeness (QED) is 0.200. The highest BCUT2D eigenvalue weighted by atomic mass is 32.1. The number of fused-ring (bicyclic) bond motifs is 2. The molecule has 3 heterocycles. The molecular weight excluding hydrogens is 501 g/mol. The molecule has 4 aromatic carbocycles. The lowest BCUT2D eigenvalue weighted by molar-refractivity contribution is 1.60. The van der Waals surface area contributed by atoms with Crippen LogP contribution in [0.2, 0.25) is 13.1 Å². The molecule has 0 amide bonds. The fourth-order valence-electron chi connectivity index (χ4n) is 5.86. The molecule has 0 radical (unpaired) electrons. The van der Waals surface area contributed by atoms with E-state index < -0.39 is 8.07 Å². The summed E-state index contributed by atoms with van der Waals surface area (Å²) in [4.78, 5) is 2.84. The van der Waals surface area contributed by atoms with Crippen LogP contribution in [0.3, 0.4) is 0 Å². The molecule has 3 heteroatoms.